The summed E-state index contributed by atoms with van der Waals surface area (Å²) in [7, 11) is 2.01. The van der Waals surface area contributed by atoms with Crippen LogP contribution in [0.4, 0.5) is 0 Å². The molecule has 0 aliphatic rings. The molecule has 0 nitrogen and oxygen atoms in total. The maximum absolute atomic E-state index is 2.27. The van der Waals surface area contributed by atoms with E-state index in [0.29, 0.717) is 0 Å². The van der Waals surface area contributed by atoms with E-state index in [-0.39, 0.29) is 0 Å². The van der Waals surface area contributed by atoms with Gasteiger partial charge >= 0.3 is 0 Å². The highest BCUT2D eigenvalue weighted by Gasteiger charge is 1.92. The van der Waals surface area contributed by atoms with E-state index in [1.807, 2.05) is 0 Å². The standard InChI is InChI=1S/C10H14Si2/c1-11-8-7-9-3-5-10(12-2)6-4-9/h3-6H,7-8H2,1-2H3. The molecule has 1 aromatic rings. The molecule has 0 heterocycles. The Hall–Kier alpha value is -0.346. The largest absolute Gasteiger partial charge is 0.0773 e. The van der Waals surface area contributed by atoms with Gasteiger partial charge < -0.3 is 0 Å². The van der Waals surface area contributed by atoms with E-state index >= 15 is 0 Å². The van der Waals surface area contributed by atoms with Crippen molar-refractivity contribution < 1.29 is 0 Å². The van der Waals surface area contributed by atoms with Crippen LogP contribution in [0.1, 0.15) is 5.56 Å². The van der Waals surface area contributed by atoms with Crippen molar-refractivity contribution in [3.63, 3.8) is 0 Å². The summed E-state index contributed by atoms with van der Waals surface area (Å²) in [4.78, 5) is 0. The zero-order valence-corrected chi connectivity index (χ0v) is 9.72. The number of rotatable bonds is 4. The second-order valence-electron chi connectivity index (χ2n) is 2.80. The maximum atomic E-state index is 2.27. The molecule has 12 heavy (non-hydrogen) atoms. The highest BCUT2D eigenvalue weighted by molar-refractivity contribution is 6.51. The van der Waals surface area contributed by atoms with E-state index in [2.05, 4.69) is 37.4 Å². The average Bonchev–Trinajstić information content (AvgIpc) is 2.15. The summed E-state index contributed by atoms with van der Waals surface area (Å²) in [5.74, 6) is 0. The Bertz CT molecular complexity index is 216. The summed E-state index contributed by atoms with van der Waals surface area (Å²) >= 11 is 0. The molecular weight excluding hydrogens is 176 g/mol. The Labute approximate surface area is 80.0 Å². The number of aryl methyl sites for hydroxylation is 1. The summed E-state index contributed by atoms with van der Waals surface area (Å²) in [6, 6.07) is 10.4. The monoisotopic (exact) mass is 190 g/mol. The molecule has 1 rings (SSSR count). The van der Waals surface area contributed by atoms with Crippen LogP contribution >= 0.6 is 0 Å². The lowest BCUT2D eigenvalue weighted by Crippen LogP contribution is -2.09. The fraction of sp³-hybridized carbons (Fsp3) is 0.400. The molecule has 62 valence electrons. The summed E-state index contributed by atoms with van der Waals surface area (Å²) in [6.07, 6.45) is 1.25. The van der Waals surface area contributed by atoms with E-state index in [1.54, 1.807) is 0 Å². The van der Waals surface area contributed by atoms with Gasteiger partial charge in [-0.2, -0.15) is 0 Å². The Morgan fingerprint density at radius 1 is 1.08 bits per heavy atom. The van der Waals surface area contributed by atoms with Crippen molar-refractivity contribution in [3.05, 3.63) is 29.8 Å². The minimum Gasteiger partial charge on any atom is -0.0733 e. The van der Waals surface area contributed by atoms with E-state index in [1.165, 1.54) is 23.2 Å². The molecule has 0 spiro atoms. The predicted octanol–water partition coefficient (Wildman–Crippen LogP) is 1.78. The predicted molar refractivity (Wildman–Crippen MR) is 57.8 cm³/mol. The van der Waals surface area contributed by atoms with Crippen LogP contribution in [-0.2, 0) is 6.42 Å². The van der Waals surface area contributed by atoms with Crippen molar-refractivity contribution in [2.45, 2.75) is 25.6 Å². The molecule has 0 bridgehead atoms. The third kappa shape index (κ3) is 2.95. The van der Waals surface area contributed by atoms with Gasteiger partial charge in [0.25, 0.3) is 0 Å². The molecule has 0 saturated carbocycles. The number of hydrogen-bond donors (Lipinski definition) is 0. The average molecular weight is 190 g/mol. The van der Waals surface area contributed by atoms with Crippen LogP contribution in [0, 0.1) is 0 Å². The van der Waals surface area contributed by atoms with E-state index in [0.717, 1.165) is 19.0 Å². The topological polar surface area (TPSA) is 0 Å². The van der Waals surface area contributed by atoms with Gasteiger partial charge in [-0.25, -0.2) is 0 Å². The Kier molecular flexibility index (Phi) is 4.32. The van der Waals surface area contributed by atoms with E-state index in [9.17, 15) is 0 Å². The zero-order valence-electron chi connectivity index (χ0n) is 7.72. The van der Waals surface area contributed by atoms with Crippen LogP contribution in [0.25, 0.3) is 0 Å². The molecular formula is C10H14Si2. The van der Waals surface area contributed by atoms with Gasteiger partial charge in [0, 0.05) is 9.52 Å². The third-order valence-electron chi connectivity index (χ3n) is 1.91. The molecule has 0 fully saturated rings. The molecule has 0 atom stereocenters. The molecule has 0 aliphatic carbocycles. The molecule has 1 aromatic carbocycles. The van der Waals surface area contributed by atoms with Crippen LogP contribution < -0.4 is 5.19 Å². The third-order valence-corrected chi connectivity index (χ3v) is 3.57. The first-order valence-electron chi connectivity index (χ1n) is 4.28. The first-order chi connectivity index (χ1) is 5.86. The molecule has 0 unspecified atom stereocenters. The van der Waals surface area contributed by atoms with Crippen molar-refractivity contribution in [1.29, 1.82) is 0 Å². The minimum atomic E-state index is 0.930. The normalized spacial score (nSPS) is 10.2. The summed E-state index contributed by atoms with van der Waals surface area (Å²) in [5.41, 5.74) is 1.49. The second kappa shape index (κ2) is 5.33. The quantitative estimate of drug-likeness (QED) is 0.635. The molecule has 0 saturated heterocycles. The van der Waals surface area contributed by atoms with Crippen LogP contribution in [0.15, 0.2) is 24.3 Å². The van der Waals surface area contributed by atoms with Crippen molar-refractivity contribution >= 4 is 24.2 Å². The van der Waals surface area contributed by atoms with Gasteiger partial charge in [0.05, 0.1) is 9.52 Å². The van der Waals surface area contributed by atoms with Gasteiger partial charge in [-0.3, -0.25) is 0 Å². The van der Waals surface area contributed by atoms with Gasteiger partial charge in [-0.15, -0.1) is 0 Å². The van der Waals surface area contributed by atoms with Crippen LogP contribution in [0.3, 0.4) is 0 Å². The summed E-state index contributed by atoms with van der Waals surface area (Å²) in [6.45, 7) is 4.49. The number of benzene rings is 1. The molecule has 0 N–H and O–H groups in total. The van der Waals surface area contributed by atoms with Crippen molar-refractivity contribution in [2.75, 3.05) is 0 Å². The second-order valence-corrected chi connectivity index (χ2v) is 5.08. The SMILES string of the molecule is C[Si]CCc1ccc([Si]C)cc1. The first-order valence-corrected chi connectivity index (χ1v) is 7.49. The fourth-order valence-electron chi connectivity index (χ4n) is 1.11. The van der Waals surface area contributed by atoms with Gasteiger partial charge in [0.2, 0.25) is 0 Å². The van der Waals surface area contributed by atoms with Gasteiger partial charge in [0.1, 0.15) is 0 Å². The zero-order chi connectivity index (χ0) is 8.81. The Morgan fingerprint density at radius 2 is 1.75 bits per heavy atom. The highest BCUT2D eigenvalue weighted by atomic mass is 28.2. The highest BCUT2D eigenvalue weighted by Crippen LogP contribution is 2.00. The lowest BCUT2D eigenvalue weighted by atomic mass is 10.2. The smallest absolute Gasteiger partial charge is 0.0733 e. The number of hydrogen-bond acceptors (Lipinski definition) is 0. The summed E-state index contributed by atoms with van der Waals surface area (Å²) < 4.78 is 0. The molecule has 0 aromatic heterocycles. The maximum Gasteiger partial charge on any atom is 0.0773 e. The Balaban J connectivity index is 2.53. The van der Waals surface area contributed by atoms with Crippen LogP contribution in [0.5, 0.6) is 0 Å². The van der Waals surface area contributed by atoms with Gasteiger partial charge in [-0.1, -0.05) is 48.6 Å². The first kappa shape index (κ1) is 9.74. The summed E-state index contributed by atoms with van der Waals surface area (Å²) in [5, 5.41) is 1.47. The molecule has 4 radical (unpaired) electrons. The van der Waals surface area contributed by atoms with Gasteiger partial charge in [0.15, 0.2) is 0 Å². The van der Waals surface area contributed by atoms with Crippen molar-refractivity contribution in [1.82, 2.24) is 0 Å². The van der Waals surface area contributed by atoms with Gasteiger partial charge in [-0.05, 0) is 12.0 Å². The van der Waals surface area contributed by atoms with E-state index < -0.39 is 0 Å². The van der Waals surface area contributed by atoms with E-state index in [4.69, 9.17) is 0 Å². The molecule has 0 aliphatic heterocycles. The lowest BCUT2D eigenvalue weighted by Gasteiger charge is -2.00. The lowest BCUT2D eigenvalue weighted by molar-refractivity contribution is 1.13. The molecule has 0 amide bonds. The van der Waals surface area contributed by atoms with Crippen molar-refractivity contribution in [2.24, 2.45) is 0 Å². The molecule has 2 heteroatoms. The van der Waals surface area contributed by atoms with Crippen molar-refractivity contribution in [3.8, 4) is 0 Å². The fourth-order valence-corrected chi connectivity index (χ4v) is 2.15. The minimum absolute atomic E-state index is 0.930. The Morgan fingerprint density at radius 3 is 2.25 bits per heavy atom. The van der Waals surface area contributed by atoms with Crippen LogP contribution in [-0.4, -0.2) is 19.0 Å². The van der Waals surface area contributed by atoms with Crippen LogP contribution in [0.2, 0.25) is 19.1 Å².